The van der Waals surface area contributed by atoms with E-state index in [1.807, 2.05) is 0 Å². The molecule has 0 radical (unpaired) electrons. The van der Waals surface area contributed by atoms with Crippen molar-refractivity contribution in [2.75, 3.05) is 26.4 Å². The molecule has 0 bridgehead atoms. The van der Waals surface area contributed by atoms with Crippen molar-refractivity contribution in [2.24, 2.45) is 0 Å². The predicted octanol–water partition coefficient (Wildman–Crippen LogP) is 1.24. The molecule has 0 atom stereocenters. The molecular weight excluding hydrogens is 224 g/mol. The number of hydrogen-bond donors (Lipinski definition) is 0. The van der Waals surface area contributed by atoms with E-state index in [0.717, 1.165) is 13.2 Å². The van der Waals surface area contributed by atoms with E-state index in [1.54, 1.807) is 13.8 Å². The third-order valence-electron chi connectivity index (χ3n) is 1.45. The lowest BCUT2D eigenvalue weighted by atomic mass is 10.4. The van der Waals surface area contributed by atoms with Gasteiger partial charge in [0.1, 0.15) is 13.2 Å². The molecule has 0 aromatic rings. The molecule has 1 fully saturated rings. The van der Waals surface area contributed by atoms with Crippen molar-refractivity contribution < 1.29 is 23.8 Å². The summed E-state index contributed by atoms with van der Waals surface area (Å²) in [5.74, 6) is -0.979. The first-order valence-corrected chi connectivity index (χ1v) is 5.18. The molecule has 5 heteroatoms. The zero-order valence-corrected chi connectivity index (χ0v) is 10.3. The van der Waals surface area contributed by atoms with Crippen molar-refractivity contribution in [1.82, 2.24) is 0 Å². The van der Waals surface area contributed by atoms with E-state index in [-0.39, 0.29) is 13.2 Å². The van der Waals surface area contributed by atoms with Crippen molar-refractivity contribution in [3.63, 3.8) is 0 Å². The maximum atomic E-state index is 10.8. The quantitative estimate of drug-likeness (QED) is 0.314. The lowest BCUT2D eigenvalue weighted by Gasteiger charge is -2.05. The maximum Gasteiger partial charge on any atom is 0.333 e. The number of ether oxygens (including phenoxy) is 3. The number of rotatable bonds is 5. The van der Waals surface area contributed by atoms with Gasteiger partial charge in [0.25, 0.3) is 0 Å². The summed E-state index contributed by atoms with van der Waals surface area (Å²) in [4.78, 5) is 21.7. The second kappa shape index (κ2) is 8.52. The largest absolute Gasteiger partial charge is 0.459 e. The molecule has 96 valence electrons. The second-order valence-electron chi connectivity index (χ2n) is 3.44. The third kappa shape index (κ3) is 10.7. The molecule has 0 aromatic heterocycles. The van der Waals surface area contributed by atoms with Gasteiger partial charge < -0.3 is 14.2 Å². The van der Waals surface area contributed by atoms with Gasteiger partial charge in [0.05, 0.1) is 13.2 Å². The van der Waals surface area contributed by atoms with Gasteiger partial charge in [-0.05, 0) is 13.8 Å². The van der Waals surface area contributed by atoms with Crippen LogP contribution in [0.1, 0.15) is 13.8 Å². The van der Waals surface area contributed by atoms with Gasteiger partial charge in [-0.1, -0.05) is 13.2 Å². The van der Waals surface area contributed by atoms with E-state index >= 15 is 0 Å². The minimum absolute atomic E-state index is 0.0325. The van der Waals surface area contributed by atoms with Gasteiger partial charge in [0.2, 0.25) is 0 Å². The molecule has 0 aromatic carbocycles. The van der Waals surface area contributed by atoms with E-state index in [1.165, 1.54) is 0 Å². The van der Waals surface area contributed by atoms with Crippen LogP contribution in [0.25, 0.3) is 0 Å². The fourth-order valence-corrected chi connectivity index (χ4v) is 0.515. The molecule has 0 unspecified atom stereocenters. The number of esters is 2. The smallest absolute Gasteiger partial charge is 0.333 e. The van der Waals surface area contributed by atoms with Gasteiger partial charge in [-0.3, -0.25) is 0 Å². The fourth-order valence-electron chi connectivity index (χ4n) is 0.515. The first-order chi connectivity index (χ1) is 7.95. The Hall–Kier alpha value is -1.62. The lowest BCUT2D eigenvalue weighted by Crippen LogP contribution is -2.14. The molecule has 1 heterocycles. The predicted molar refractivity (Wildman–Crippen MR) is 62.4 cm³/mol. The molecule has 1 aliphatic heterocycles. The summed E-state index contributed by atoms with van der Waals surface area (Å²) in [5, 5.41) is 0. The Morgan fingerprint density at radius 3 is 1.47 bits per heavy atom. The maximum absolute atomic E-state index is 10.8. The Bertz CT molecular complexity index is 273. The van der Waals surface area contributed by atoms with Crippen LogP contribution in [0.5, 0.6) is 0 Å². The standard InChI is InChI=1S/C10H14O4.C2H4O/c1-7(2)9(11)13-5-6-14-10(12)8(3)4;1-2-3-1/h1,3,5-6H2,2,4H3;1-2H2. The molecule has 1 saturated heterocycles. The van der Waals surface area contributed by atoms with Crippen LogP contribution in [0.15, 0.2) is 24.3 Å². The Labute approximate surface area is 101 Å². The minimum Gasteiger partial charge on any atom is -0.459 e. The molecular formula is C12H18O5. The molecule has 0 N–H and O–H groups in total. The average Bonchev–Trinajstić information content (AvgIpc) is 3.10. The minimum atomic E-state index is -0.489. The summed E-state index contributed by atoms with van der Waals surface area (Å²) < 4.78 is 13.9. The molecule has 1 rings (SSSR count). The van der Waals surface area contributed by atoms with Crippen molar-refractivity contribution in [3.8, 4) is 0 Å². The topological polar surface area (TPSA) is 65.1 Å². The van der Waals surface area contributed by atoms with Crippen molar-refractivity contribution in [2.45, 2.75) is 13.8 Å². The van der Waals surface area contributed by atoms with E-state index in [4.69, 9.17) is 0 Å². The van der Waals surface area contributed by atoms with Gasteiger partial charge in [0, 0.05) is 11.1 Å². The van der Waals surface area contributed by atoms with Crippen molar-refractivity contribution in [3.05, 3.63) is 24.3 Å². The molecule has 0 spiro atoms. The van der Waals surface area contributed by atoms with Crippen LogP contribution in [0.3, 0.4) is 0 Å². The van der Waals surface area contributed by atoms with E-state index < -0.39 is 11.9 Å². The van der Waals surface area contributed by atoms with Gasteiger partial charge in [-0.15, -0.1) is 0 Å². The van der Waals surface area contributed by atoms with Crippen molar-refractivity contribution in [1.29, 1.82) is 0 Å². The van der Waals surface area contributed by atoms with E-state index in [9.17, 15) is 9.59 Å². The summed E-state index contributed by atoms with van der Waals surface area (Å²) >= 11 is 0. The Morgan fingerprint density at radius 1 is 1.00 bits per heavy atom. The SMILES string of the molecule is C1CO1.C=C(C)C(=O)OCCOC(=O)C(=C)C. The van der Waals surface area contributed by atoms with Gasteiger partial charge >= 0.3 is 11.9 Å². The van der Waals surface area contributed by atoms with E-state index in [0.29, 0.717) is 11.1 Å². The summed E-state index contributed by atoms with van der Waals surface area (Å²) in [6.45, 7) is 12.0. The highest BCUT2D eigenvalue weighted by atomic mass is 16.6. The van der Waals surface area contributed by atoms with Crippen LogP contribution in [0.4, 0.5) is 0 Å². The van der Waals surface area contributed by atoms with Gasteiger partial charge in [-0.2, -0.15) is 0 Å². The Kier molecular flexibility index (Phi) is 7.71. The zero-order chi connectivity index (χ0) is 13.3. The average molecular weight is 242 g/mol. The highest BCUT2D eigenvalue weighted by Gasteiger charge is 2.05. The van der Waals surface area contributed by atoms with Crippen LogP contribution < -0.4 is 0 Å². The van der Waals surface area contributed by atoms with Crippen LogP contribution in [0.2, 0.25) is 0 Å². The van der Waals surface area contributed by atoms with Crippen molar-refractivity contribution >= 4 is 11.9 Å². The zero-order valence-electron chi connectivity index (χ0n) is 10.3. The summed E-state index contributed by atoms with van der Waals surface area (Å²) in [7, 11) is 0. The highest BCUT2D eigenvalue weighted by Crippen LogP contribution is 1.94. The second-order valence-corrected chi connectivity index (χ2v) is 3.44. The summed E-state index contributed by atoms with van der Waals surface area (Å²) in [6.07, 6.45) is 0. The van der Waals surface area contributed by atoms with Crippen LogP contribution in [-0.4, -0.2) is 38.4 Å². The third-order valence-corrected chi connectivity index (χ3v) is 1.45. The molecule has 0 amide bonds. The van der Waals surface area contributed by atoms with Gasteiger partial charge in [-0.25, -0.2) is 9.59 Å². The summed E-state index contributed by atoms with van der Waals surface area (Å²) in [6, 6.07) is 0. The fraction of sp³-hybridized carbons (Fsp3) is 0.500. The highest BCUT2D eigenvalue weighted by molar-refractivity contribution is 5.87. The first kappa shape index (κ1) is 15.4. The molecule has 0 aliphatic carbocycles. The normalized spacial score (nSPS) is 11.6. The molecule has 1 aliphatic rings. The number of carbonyl (C=O) groups is 2. The molecule has 5 nitrogen and oxygen atoms in total. The van der Waals surface area contributed by atoms with Crippen LogP contribution >= 0.6 is 0 Å². The Morgan fingerprint density at radius 2 is 1.29 bits per heavy atom. The first-order valence-electron chi connectivity index (χ1n) is 5.18. The monoisotopic (exact) mass is 242 g/mol. The van der Waals surface area contributed by atoms with Crippen LogP contribution in [-0.2, 0) is 23.8 Å². The number of carbonyl (C=O) groups excluding carboxylic acids is 2. The lowest BCUT2D eigenvalue weighted by molar-refractivity contribution is -0.147. The van der Waals surface area contributed by atoms with Gasteiger partial charge in [0.15, 0.2) is 0 Å². The Balaban J connectivity index is 0.000000728. The van der Waals surface area contributed by atoms with E-state index in [2.05, 4.69) is 27.4 Å². The number of epoxide rings is 1. The van der Waals surface area contributed by atoms with Crippen LogP contribution in [0, 0.1) is 0 Å². The molecule has 17 heavy (non-hydrogen) atoms. The summed E-state index contributed by atoms with van der Waals surface area (Å²) in [5.41, 5.74) is 0.632. The molecule has 0 saturated carbocycles. The number of hydrogen-bond acceptors (Lipinski definition) is 5.